The number of ether oxygens (including phenoxy) is 1. The molecule has 0 bridgehead atoms. The quantitative estimate of drug-likeness (QED) is 0.248. The molecule has 1 fully saturated rings. The van der Waals surface area contributed by atoms with Gasteiger partial charge in [-0.2, -0.15) is 0 Å². The Bertz CT molecular complexity index is 1630. The van der Waals surface area contributed by atoms with E-state index in [2.05, 4.69) is 38.1 Å². The highest BCUT2D eigenvalue weighted by atomic mass is 19.4. The molecule has 2 N–H and O–H groups in total. The van der Waals surface area contributed by atoms with Crippen molar-refractivity contribution in [1.29, 1.82) is 0 Å². The van der Waals surface area contributed by atoms with E-state index in [-0.39, 0.29) is 24.3 Å². The molecule has 9 nitrogen and oxygen atoms in total. The lowest BCUT2D eigenvalue weighted by molar-refractivity contribution is -0.327. The number of nitrogen functional groups attached to an aromatic ring is 1. The Balaban J connectivity index is 1.53. The first-order chi connectivity index (χ1) is 18.1. The zero-order valence-corrected chi connectivity index (χ0v) is 20.0. The van der Waals surface area contributed by atoms with Gasteiger partial charge >= 0.3 is 6.36 Å². The minimum atomic E-state index is -4.83. The molecule has 0 spiro atoms. The fourth-order valence-electron chi connectivity index (χ4n) is 4.69. The van der Waals surface area contributed by atoms with Crippen molar-refractivity contribution in [2.45, 2.75) is 24.9 Å². The van der Waals surface area contributed by atoms with Gasteiger partial charge in [0, 0.05) is 25.9 Å². The SMILES string of the molecule is C=CC(=O)N1C[C@@H](n2cc(C#Cc3cc4ncn(C)c4cc3F)c3c(N)ncnc32)C[C@@H]1COC(F)(F)F. The smallest absolute Gasteiger partial charge is 0.383 e. The van der Waals surface area contributed by atoms with Crippen molar-refractivity contribution >= 4 is 33.8 Å². The van der Waals surface area contributed by atoms with E-state index in [1.54, 1.807) is 28.7 Å². The second kappa shape index (κ2) is 9.46. The Morgan fingerprint density at radius 1 is 1.26 bits per heavy atom. The standard InChI is InChI=1S/C25H21F4N7O2/c1-3-21(37)35-10-16(7-17(35)11-38-25(27,28)29)36-9-15(22-23(30)31-12-32-24(22)36)5-4-14-6-19-20(8-18(14)26)34(2)13-33-19/h3,6,8-9,12-13,16-17H,1,7,10-11H2,2H3,(H2,30,31,32)/t16-,17+/m0/s1. The number of aryl methyl sites for hydroxylation is 1. The summed E-state index contributed by atoms with van der Waals surface area (Å²) in [7, 11) is 1.75. The Morgan fingerprint density at radius 2 is 2.03 bits per heavy atom. The van der Waals surface area contributed by atoms with Gasteiger partial charge in [-0.05, 0) is 18.6 Å². The maximum Gasteiger partial charge on any atom is 0.522 e. The summed E-state index contributed by atoms with van der Waals surface area (Å²) in [5.74, 6) is 4.83. The maximum absolute atomic E-state index is 14.7. The van der Waals surface area contributed by atoms with E-state index >= 15 is 0 Å². The van der Waals surface area contributed by atoms with Crippen LogP contribution in [0.5, 0.6) is 0 Å². The summed E-state index contributed by atoms with van der Waals surface area (Å²) in [6.07, 6.45) is 0.823. The number of fused-ring (bicyclic) bond motifs is 2. The minimum absolute atomic E-state index is 0.0856. The predicted octanol–water partition coefficient (Wildman–Crippen LogP) is 3.30. The van der Waals surface area contributed by atoms with Crippen LogP contribution in [0.15, 0.2) is 43.6 Å². The van der Waals surface area contributed by atoms with Gasteiger partial charge in [0.2, 0.25) is 5.91 Å². The van der Waals surface area contributed by atoms with Gasteiger partial charge in [0.25, 0.3) is 0 Å². The first-order valence-electron chi connectivity index (χ1n) is 11.4. The molecule has 3 aromatic heterocycles. The molecule has 5 rings (SSSR count). The van der Waals surface area contributed by atoms with Gasteiger partial charge in [0.15, 0.2) is 0 Å². The van der Waals surface area contributed by atoms with Crippen LogP contribution < -0.4 is 5.73 Å². The summed E-state index contributed by atoms with van der Waals surface area (Å²) in [5, 5.41) is 0.413. The molecule has 2 atom stereocenters. The number of likely N-dealkylation sites (tertiary alicyclic amines) is 1. The lowest BCUT2D eigenvalue weighted by atomic mass is 10.1. The number of benzene rings is 1. The number of amides is 1. The molecule has 1 aliphatic heterocycles. The summed E-state index contributed by atoms with van der Waals surface area (Å²) in [5.41, 5.74) is 8.23. The van der Waals surface area contributed by atoms with E-state index in [9.17, 15) is 22.4 Å². The number of alkyl halides is 3. The molecule has 1 saturated heterocycles. The number of carbonyl (C=O) groups excluding carboxylic acids is 1. The van der Waals surface area contributed by atoms with Gasteiger partial charge in [0.1, 0.15) is 23.6 Å². The molecule has 1 amide bonds. The highest BCUT2D eigenvalue weighted by molar-refractivity contribution is 5.93. The van der Waals surface area contributed by atoms with Crippen LogP contribution in [0.1, 0.15) is 23.6 Å². The summed E-state index contributed by atoms with van der Waals surface area (Å²) >= 11 is 0. The zero-order valence-electron chi connectivity index (χ0n) is 20.0. The third-order valence-electron chi connectivity index (χ3n) is 6.47. The molecule has 4 heterocycles. The Kier molecular flexibility index (Phi) is 6.28. The number of imidazole rings is 1. The highest BCUT2D eigenvalue weighted by Crippen LogP contribution is 2.34. The second-order valence-corrected chi connectivity index (χ2v) is 8.83. The van der Waals surface area contributed by atoms with E-state index in [0.717, 1.165) is 6.08 Å². The third-order valence-corrected chi connectivity index (χ3v) is 6.47. The monoisotopic (exact) mass is 527 g/mol. The lowest BCUT2D eigenvalue weighted by Gasteiger charge is -2.23. The van der Waals surface area contributed by atoms with Crippen LogP contribution >= 0.6 is 0 Å². The zero-order chi connectivity index (χ0) is 27.2. The fraction of sp³-hybridized carbons (Fsp3) is 0.280. The van der Waals surface area contributed by atoms with Gasteiger partial charge in [-0.3, -0.25) is 9.53 Å². The van der Waals surface area contributed by atoms with Crippen LogP contribution in [0.3, 0.4) is 0 Å². The van der Waals surface area contributed by atoms with Crippen LogP contribution in [0.2, 0.25) is 0 Å². The van der Waals surface area contributed by atoms with Crippen LogP contribution in [-0.2, 0) is 16.6 Å². The molecule has 13 heteroatoms. The van der Waals surface area contributed by atoms with Crippen LogP contribution in [0.25, 0.3) is 22.1 Å². The summed E-state index contributed by atoms with van der Waals surface area (Å²) in [6.45, 7) is 2.80. The number of nitrogens with zero attached hydrogens (tertiary/aromatic N) is 6. The Labute approximate surface area is 213 Å². The molecule has 0 aliphatic carbocycles. The van der Waals surface area contributed by atoms with Gasteiger partial charge in [-0.1, -0.05) is 18.4 Å². The first-order valence-corrected chi connectivity index (χ1v) is 11.4. The predicted molar refractivity (Wildman–Crippen MR) is 130 cm³/mol. The molecule has 0 unspecified atom stereocenters. The Morgan fingerprint density at radius 3 is 2.76 bits per heavy atom. The van der Waals surface area contributed by atoms with Crippen molar-refractivity contribution in [3.05, 3.63) is 60.6 Å². The number of rotatable bonds is 4. The molecule has 196 valence electrons. The van der Waals surface area contributed by atoms with E-state index in [1.165, 1.54) is 23.4 Å². The number of carbonyl (C=O) groups is 1. The molecule has 1 aromatic carbocycles. The Hall–Kier alpha value is -4.44. The fourth-order valence-corrected chi connectivity index (χ4v) is 4.69. The highest BCUT2D eigenvalue weighted by Gasteiger charge is 2.39. The van der Waals surface area contributed by atoms with Gasteiger partial charge in [-0.25, -0.2) is 19.3 Å². The van der Waals surface area contributed by atoms with E-state index in [1.807, 2.05) is 0 Å². The summed E-state index contributed by atoms with van der Waals surface area (Å²) in [6, 6.07) is 1.57. The number of anilines is 1. The van der Waals surface area contributed by atoms with E-state index in [0.29, 0.717) is 27.6 Å². The second-order valence-electron chi connectivity index (χ2n) is 8.83. The van der Waals surface area contributed by atoms with Crippen molar-refractivity contribution in [1.82, 2.24) is 29.0 Å². The van der Waals surface area contributed by atoms with Crippen molar-refractivity contribution in [3.63, 3.8) is 0 Å². The van der Waals surface area contributed by atoms with E-state index in [4.69, 9.17) is 5.73 Å². The molecule has 38 heavy (non-hydrogen) atoms. The molecular formula is C25H21F4N7O2. The van der Waals surface area contributed by atoms with Gasteiger partial charge in [-0.15, -0.1) is 13.2 Å². The molecule has 4 aromatic rings. The first kappa shape index (κ1) is 25.2. The normalized spacial score (nSPS) is 17.7. The van der Waals surface area contributed by atoms with Gasteiger partial charge in [0.05, 0.1) is 52.6 Å². The molecule has 0 saturated carbocycles. The number of halogens is 4. The average Bonchev–Trinajstić information content (AvgIpc) is 3.56. The largest absolute Gasteiger partial charge is 0.522 e. The molecule has 1 aliphatic rings. The van der Waals surface area contributed by atoms with Crippen LogP contribution in [-0.4, -0.2) is 60.4 Å². The summed E-state index contributed by atoms with van der Waals surface area (Å²) in [4.78, 5) is 26.2. The van der Waals surface area contributed by atoms with Crippen molar-refractivity contribution < 1.29 is 27.1 Å². The maximum atomic E-state index is 14.7. The van der Waals surface area contributed by atoms with Crippen LogP contribution in [0, 0.1) is 17.7 Å². The number of hydrogen-bond donors (Lipinski definition) is 1. The summed E-state index contributed by atoms with van der Waals surface area (Å²) < 4.78 is 60.3. The average molecular weight is 527 g/mol. The molecule has 0 radical (unpaired) electrons. The third kappa shape index (κ3) is 4.66. The van der Waals surface area contributed by atoms with E-state index < -0.39 is 36.8 Å². The van der Waals surface area contributed by atoms with Crippen molar-refractivity contribution in [3.8, 4) is 11.8 Å². The van der Waals surface area contributed by atoms with Gasteiger partial charge < -0.3 is 19.8 Å². The topological polar surface area (TPSA) is 104 Å². The van der Waals surface area contributed by atoms with Crippen molar-refractivity contribution in [2.24, 2.45) is 7.05 Å². The number of aromatic nitrogens is 5. The minimum Gasteiger partial charge on any atom is -0.383 e. The molecular weight excluding hydrogens is 506 g/mol. The number of hydrogen-bond acceptors (Lipinski definition) is 6. The number of nitrogens with two attached hydrogens (primary N) is 1. The van der Waals surface area contributed by atoms with Crippen LogP contribution in [0.4, 0.5) is 23.4 Å². The lowest BCUT2D eigenvalue weighted by Crippen LogP contribution is -2.38. The van der Waals surface area contributed by atoms with Crippen molar-refractivity contribution in [2.75, 3.05) is 18.9 Å².